The van der Waals surface area contributed by atoms with Gasteiger partial charge in [0.2, 0.25) is 5.95 Å². The fourth-order valence-electron chi connectivity index (χ4n) is 1.89. The Morgan fingerprint density at radius 1 is 1.57 bits per heavy atom. The van der Waals surface area contributed by atoms with Crippen LogP contribution in [0.1, 0.15) is 33.6 Å². The van der Waals surface area contributed by atoms with Crippen LogP contribution in [0, 0.1) is 5.92 Å². The summed E-state index contributed by atoms with van der Waals surface area (Å²) in [5, 5.41) is 3.58. The zero-order valence-corrected chi connectivity index (χ0v) is 9.25. The predicted molar refractivity (Wildman–Crippen MR) is 58.3 cm³/mol. The van der Waals surface area contributed by atoms with Crippen LogP contribution in [0.4, 0.5) is 5.95 Å². The number of hydrogen-bond acceptors (Lipinski definition) is 2. The van der Waals surface area contributed by atoms with Gasteiger partial charge in [0.1, 0.15) is 0 Å². The first-order chi connectivity index (χ1) is 6.68. The van der Waals surface area contributed by atoms with Crippen molar-refractivity contribution in [3.63, 3.8) is 0 Å². The molecule has 0 radical (unpaired) electrons. The standard InChI is InChI=1S/C11H19N3/c1-4-14-8-7-12-10(14)13-11(5-6-11)9(2)3/h7-9H,4-6H2,1-3H3,(H,12,13). The Kier molecular flexibility index (Phi) is 2.25. The molecule has 1 saturated carbocycles. The number of rotatable bonds is 4. The molecule has 3 nitrogen and oxygen atoms in total. The van der Waals surface area contributed by atoms with Gasteiger partial charge in [0.15, 0.2) is 0 Å². The van der Waals surface area contributed by atoms with Gasteiger partial charge in [0.25, 0.3) is 0 Å². The number of aromatic nitrogens is 2. The van der Waals surface area contributed by atoms with Gasteiger partial charge >= 0.3 is 0 Å². The zero-order valence-electron chi connectivity index (χ0n) is 9.25. The van der Waals surface area contributed by atoms with Crippen molar-refractivity contribution in [3.8, 4) is 0 Å². The predicted octanol–water partition coefficient (Wildman–Crippen LogP) is 2.50. The second-order valence-corrected chi connectivity index (χ2v) is 4.47. The Labute approximate surface area is 85.5 Å². The van der Waals surface area contributed by atoms with E-state index in [0.29, 0.717) is 11.5 Å². The van der Waals surface area contributed by atoms with Gasteiger partial charge in [-0.3, -0.25) is 0 Å². The van der Waals surface area contributed by atoms with E-state index in [2.05, 4.69) is 35.6 Å². The van der Waals surface area contributed by atoms with Gasteiger partial charge in [-0.25, -0.2) is 4.98 Å². The number of nitrogens with zero attached hydrogens (tertiary/aromatic N) is 2. The third-order valence-corrected chi connectivity index (χ3v) is 3.31. The molecule has 0 amide bonds. The van der Waals surface area contributed by atoms with Crippen LogP contribution in [0.3, 0.4) is 0 Å². The van der Waals surface area contributed by atoms with Crippen LogP contribution in [0.15, 0.2) is 12.4 Å². The van der Waals surface area contributed by atoms with E-state index in [1.165, 1.54) is 12.8 Å². The van der Waals surface area contributed by atoms with Crippen LogP contribution < -0.4 is 5.32 Å². The Hall–Kier alpha value is -0.990. The summed E-state index contributed by atoms with van der Waals surface area (Å²) >= 11 is 0. The normalized spacial score (nSPS) is 18.6. The lowest BCUT2D eigenvalue weighted by Crippen LogP contribution is -2.29. The number of anilines is 1. The van der Waals surface area contributed by atoms with Crippen molar-refractivity contribution >= 4 is 5.95 Å². The highest BCUT2D eigenvalue weighted by Crippen LogP contribution is 2.44. The van der Waals surface area contributed by atoms with Crippen LogP contribution in [-0.4, -0.2) is 15.1 Å². The molecule has 0 saturated heterocycles. The van der Waals surface area contributed by atoms with Gasteiger partial charge in [-0.1, -0.05) is 13.8 Å². The molecule has 1 aromatic heterocycles. The molecule has 0 atom stereocenters. The maximum absolute atomic E-state index is 4.35. The molecule has 0 spiro atoms. The Morgan fingerprint density at radius 2 is 2.29 bits per heavy atom. The first kappa shape index (κ1) is 9.56. The lowest BCUT2D eigenvalue weighted by molar-refractivity contribution is 0.505. The fraction of sp³-hybridized carbons (Fsp3) is 0.727. The van der Waals surface area contributed by atoms with Crippen LogP contribution in [0.5, 0.6) is 0 Å². The summed E-state index contributed by atoms with van der Waals surface area (Å²) in [6.45, 7) is 7.68. The third kappa shape index (κ3) is 1.51. The van der Waals surface area contributed by atoms with E-state index in [-0.39, 0.29) is 0 Å². The lowest BCUT2D eigenvalue weighted by atomic mass is 10.0. The highest BCUT2D eigenvalue weighted by atomic mass is 15.2. The van der Waals surface area contributed by atoms with Crippen molar-refractivity contribution in [3.05, 3.63) is 12.4 Å². The third-order valence-electron chi connectivity index (χ3n) is 3.31. The SMILES string of the molecule is CCn1ccnc1NC1(C(C)C)CC1. The molecule has 1 aliphatic carbocycles. The minimum Gasteiger partial charge on any atom is -0.350 e. The first-order valence-electron chi connectivity index (χ1n) is 5.47. The number of nitrogens with one attached hydrogen (secondary N) is 1. The van der Waals surface area contributed by atoms with E-state index in [1.54, 1.807) is 0 Å². The van der Waals surface area contributed by atoms with Gasteiger partial charge in [0.05, 0.1) is 0 Å². The van der Waals surface area contributed by atoms with Crippen molar-refractivity contribution < 1.29 is 0 Å². The molecule has 2 rings (SSSR count). The molecule has 14 heavy (non-hydrogen) atoms. The Balaban J connectivity index is 2.11. The summed E-state index contributed by atoms with van der Waals surface area (Å²) < 4.78 is 2.16. The summed E-state index contributed by atoms with van der Waals surface area (Å²) in [6.07, 6.45) is 6.45. The van der Waals surface area contributed by atoms with E-state index < -0.39 is 0 Å². The second kappa shape index (κ2) is 3.30. The summed E-state index contributed by atoms with van der Waals surface area (Å²) in [7, 11) is 0. The average Bonchev–Trinajstić information content (AvgIpc) is 2.79. The van der Waals surface area contributed by atoms with Crippen LogP contribution in [-0.2, 0) is 6.54 Å². The molecule has 78 valence electrons. The van der Waals surface area contributed by atoms with Crippen molar-refractivity contribution in [2.75, 3.05) is 5.32 Å². The van der Waals surface area contributed by atoms with Crippen LogP contribution >= 0.6 is 0 Å². The maximum atomic E-state index is 4.35. The van der Waals surface area contributed by atoms with Crippen molar-refractivity contribution in [2.24, 2.45) is 5.92 Å². The van der Waals surface area contributed by atoms with Crippen LogP contribution in [0.2, 0.25) is 0 Å². The van der Waals surface area contributed by atoms with Gasteiger partial charge in [-0.05, 0) is 25.7 Å². The molecule has 0 aliphatic heterocycles. The topological polar surface area (TPSA) is 29.9 Å². The lowest BCUT2D eigenvalue weighted by Gasteiger charge is -2.22. The number of aryl methyl sites for hydroxylation is 1. The van der Waals surface area contributed by atoms with Gasteiger partial charge in [-0.2, -0.15) is 0 Å². The van der Waals surface area contributed by atoms with Crippen molar-refractivity contribution in [1.29, 1.82) is 0 Å². The molecule has 0 bridgehead atoms. The molecule has 3 heteroatoms. The average molecular weight is 193 g/mol. The molecule has 1 fully saturated rings. The highest BCUT2D eigenvalue weighted by molar-refractivity contribution is 5.35. The zero-order chi connectivity index (χ0) is 10.2. The highest BCUT2D eigenvalue weighted by Gasteiger charge is 2.46. The summed E-state index contributed by atoms with van der Waals surface area (Å²) in [4.78, 5) is 4.35. The van der Waals surface area contributed by atoms with Gasteiger partial charge < -0.3 is 9.88 Å². The quantitative estimate of drug-likeness (QED) is 0.796. The van der Waals surface area contributed by atoms with E-state index >= 15 is 0 Å². The number of imidazole rings is 1. The van der Waals surface area contributed by atoms with Crippen molar-refractivity contribution in [1.82, 2.24) is 9.55 Å². The largest absolute Gasteiger partial charge is 0.350 e. The number of hydrogen-bond donors (Lipinski definition) is 1. The van der Waals surface area contributed by atoms with Crippen LogP contribution in [0.25, 0.3) is 0 Å². The maximum Gasteiger partial charge on any atom is 0.203 e. The summed E-state index contributed by atoms with van der Waals surface area (Å²) in [5.41, 5.74) is 0.332. The summed E-state index contributed by atoms with van der Waals surface area (Å²) in [6, 6.07) is 0. The van der Waals surface area contributed by atoms with Gasteiger partial charge in [0, 0.05) is 24.5 Å². The monoisotopic (exact) mass is 193 g/mol. The Bertz CT molecular complexity index is 310. The summed E-state index contributed by atoms with van der Waals surface area (Å²) in [5.74, 6) is 1.71. The molecule has 0 unspecified atom stereocenters. The molecule has 1 N–H and O–H groups in total. The Morgan fingerprint density at radius 3 is 2.79 bits per heavy atom. The first-order valence-corrected chi connectivity index (χ1v) is 5.47. The molecule has 1 heterocycles. The smallest absolute Gasteiger partial charge is 0.203 e. The minimum atomic E-state index is 0.332. The molecule has 1 aliphatic rings. The minimum absolute atomic E-state index is 0.332. The van der Waals surface area contributed by atoms with E-state index in [4.69, 9.17) is 0 Å². The van der Waals surface area contributed by atoms with E-state index in [9.17, 15) is 0 Å². The van der Waals surface area contributed by atoms with Gasteiger partial charge in [-0.15, -0.1) is 0 Å². The molecule has 1 aromatic rings. The van der Waals surface area contributed by atoms with Crippen molar-refractivity contribution in [2.45, 2.75) is 45.7 Å². The molecular weight excluding hydrogens is 174 g/mol. The molecule has 0 aromatic carbocycles. The second-order valence-electron chi connectivity index (χ2n) is 4.47. The fourth-order valence-corrected chi connectivity index (χ4v) is 1.89. The van der Waals surface area contributed by atoms with E-state index in [0.717, 1.165) is 12.5 Å². The van der Waals surface area contributed by atoms with E-state index in [1.807, 2.05) is 12.4 Å². The molecular formula is C11H19N3.